The van der Waals surface area contributed by atoms with Crippen molar-refractivity contribution in [3.05, 3.63) is 101 Å². The minimum atomic E-state index is -0.292. The van der Waals surface area contributed by atoms with Crippen LogP contribution in [0.3, 0.4) is 0 Å². The molecule has 2 atom stereocenters. The van der Waals surface area contributed by atoms with Gasteiger partial charge in [-0.2, -0.15) is 0 Å². The minimum Gasteiger partial charge on any atom is -0.459 e. The first kappa shape index (κ1) is 22.9. The van der Waals surface area contributed by atoms with E-state index >= 15 is 0 Å². The summed E-state index contributed by atoms with van der Waals surface area (Å²) in [6.45, 7) is 2.37. The average Bonchev–Trinajstić information content (AvgIpc) is 3.53. The number of benzene rings is 2. The second kappa shape index (κ2) is 9.15. The topological polar surface area (TPSA) is 67.6 Å². The van der Waals surface area contributed by atoms with E-state index in [1.807, 2.05) is 24.3 Å². The van der Waals surface area contributed by atoms with Crippen molar-refractivity contribution in [1.29, 1.82) is 0 Å². The zero-order chi connectivity index (χ0) is 24.7. The molecule has 2 aliphatic rings. The molecular formula is C29H28FN3O3. The predicted octanol–water partition coefficient (Wildman–Crippen LogP) is 5.00. The fourth-order valence-electron chi connectivity index (χ4n) is 6.12. The summed E-state index contributed by atoms with van der Waals surface area (Å²) in [7, 11) is 1.73. The molecule has 7 heteroatoms. The van der Waals surface area contributed by atoms with Gasteiger partial charge in [-0.15, -0.1) is 0 Å². The molecule has 36 heavy (non-hydrogen) atoms. The monoisotopic (exact) mass is 485 g/mol. The highest BCUT2D eigenvalue weighted by molar-refractivity contribution is 5.91. The molecule has 184 valence electrons. The number of ether oxygens (including phenoxy) is 1. The van der Waals surface area contributed by atoms with Crippen molar-refractivity contribution in [3.8, 4) is 0 Å². The summed E-state index contributed by atoms with van der Waals surface area (Å²) in [5.41, 5.74) is 3.42. The quantitative estimate of drug-likeness (QED) is 0.431. The number of methoxy groups -OCH3 is 1. The van der Waals surface area contributed by atoms with Crippen LogP contribution >= 0.6 is 0 Å². The van der Waals surface area contributed by atoms with Crippen LogP contribution in [-0.2, 0) is 16.7 Å². The Morgan fingerprint density at radius 2 is 1.94 bits per heavy atom. The fraction of sp³-hybridized carbons (Fsp3) is 0.310. The number of hydrogen-bond donors (Lipinski definition) is 1. The highest BCUT2D eigenvalue weighted by Gasteiger charge is 2.54. The van der Waals surface area contributed by atoms with E-state index in [1.54, 1.807) is 25.3 Å². The van der Waals surface area contributed by atoms with Gasteiger partial charge in [-0.05, 0) is 61.3 Å². The van der Waals surface area contributed by atoms with E-state index in [-0.39, 0.29) is 35.0 Å². The Kier molecular flexibility index (Phi) is 5.82. The van der Waals surface area contributed by atoms with E-state index < -0.39 is 0 Å². The number of halogens is 1. The van der Waals surface area contributed by atoms with E-state index in [9.17, 15) is 9.18 Å². The highest BCUT2D eigenvalue weighted by atomic mass is 19.1. The van der Waals surface area contributed by atoms with E-state index in [1.165, 1.54) is 17.9 Å². The third kappa shape index (κ3) is 3.79. The Morgan fingerprint density at radius 1 is 1.11 bits per heavy atom. The van der Waals surface area contributed by atoms with Gasteiger partial charge in [-0.25, -0.2) is 9.37 Å². The van der Waals surface area contributed by atoms with Crippen LogP contribution in [0.1, 0.15) is 46.3 Å². The number of nitrogens with zero attached hydrogens (tertiary/aromatic N) is 2. The van der Waals surface area contributed by atoms with Crippen molar-refractivity contribution < 1.29 is 18.3 Å². The van der Waals surface area contributed by atoms with Crippen LogP contribution in [0, 0.1) is 5.82 Å². The van der Waals surface area contributed by atoms with Gasteiger partial charge in [0.15, 0.2) is 5.76 Å². The summed E-state index contributed by atoms with van der Waals surface area (Å²) in [4.78, 5) is 19.8. The number of fused-ring (bicyclic) bond motifs is 3. The van der Waals surface area contributed by atoms with Gasteiger partial charge in [-0.3, -0.25) is 9.69 Å². The van der Waals surface area contributed by atoms with Gasteiger partial charge in [0.2, 0.25) is 0 Å². The second-order valence-electron chi connectivity index (χ2n) is 9.72. The normalized spacial score (nSPS) is 21.1. The summed E-state index contributed by atoms with van der Waals surface area (Å²) < 4.78 is 25.7. The van der Waals surface area contributed by atoms with Crippen molar-refractivity contribution in [3.63, 3.8) is 0 Å². The molecule has 0 saturated carbocycles. The molecule has 1 spiro atoms. The Balaban J connectivity index is 1.23. The largest absolute Gasteiger partial charge is 0.459 e. The molecule has 0 unspecified atom stereocenters. The lowest BCUT2D eigenvalue weighted by Gasteiger charge is -2.44. The summed E-state index contributed by atoms with van der Waals surface area (Å²) in [5.74, 6) is -0.247. The first-order valence-electron chi connectivity index (χ1n) is 12.3. The molecule has 3 heterocycles. The number of hydrogen-bond acceptors (Lipinski definition) is 5. The van der Waals surface area contributed by atoms with Crippen molar-refractivity contribution in [2.45, 2.75) is 36.9 Å². The Morgan fingerprint density at radius 3 is 2.72 bits per heavy atom. The zero-order valence-corrected chi connectivity index (χ0v) is 20.1. The molecule has 1 amide bonds. The van der Waals surface area contributed by atoms with E-state index in [0.29, 0.717) is 12.1 Å². The maximum Gasteiger partial charge on any atom is 0.287 e. The molecule has 1 aliphatic heterocycles. The molecule has 1 fully saturated rings. The Bertz CT molecular complexity index is 1400. The van der Waals surface area contributed by atoms with Gasteiger partial charge in [0.1, 0.15) is 11.3 Å². The summed E-state index contributed by atoms with van der Waals surface area (Å²) in [6, 6.07) is 20.4. The maximum atomic E-state index is 14.3. The van der Waals surface area contributed by atoms with Gasteiger partial charge in [-0.1, -0.05) is 42.5 Å². The average molecular weight is 486 g/mol. The van der Waals surface area contributed by atoms with Crippen molar-refractivity contribution in [2.24, 2.45) is 0 Å². The lowest BCUT2D eigenvalue weighted by Crippen LogP contribution is -2.50. The highest BCUT2D eigenvalue weighted by Crippen LogP contribution is 2.52. The third-order valence-corrected chi connectivity index (χ3v) is 7.83. The van der Waals surface area contributed by atoms with Crippen LogP contribution in [-0.4, -0.2) is 42.1 Å². The molecule has 2 aromatic heterocycles. The lowest BCUT2D eigenvalue weighted by molar-refractivity contribution is -0.0125. The van der Waals surface area contributed by atoms with E-state index in [0.717, 1.165) is 42.6 Å². The van der Waals surface area contributed by atoms with Gasteiger partial charge in [0.25, 0.3) is 5.91 Å². The number of pyridine rings is 1. The van der Waals surface area contributed by atoms with Crippen LogP contribution in [0.5, 0.6) is 0 Å². The SMILES string of the molecule is CO[C@H]1[C@H](NC(=O)c2ccco2)c2ccccc2C12CCN(Cc1ccc3cccc(F)c3n1)CC2. The van der Waals surface area contributed by atoms with Crippen molar-refractivity contribution in [1.82, 2.24) is 15.2 Å². The van der Waals surface area contributed by atoms with Gasteiger partial charge in [0, 0.05) is 24.5 Å². The molecular weight excluding hydrogens is 457 g/mol. The number of amides is 1. The number of carbonyl (C=O) groups is 1. The lowest BCUT2D eigenvalue weighted by atomic mass is 9.72. The molecule has 2 aromatic carbocycles. The van der Waals surface area contributed by atoms with Crippen LogP contribution in [0.4, 0.5) is 4.39 Å². The first-order chi connectivity index (χ1) is 17.6. The summed E-state index contributed by atoms with van der Waals surface area (Å²) >= 11 is 0. The van der Waals surface area contributed by atoms with Crippen LogP contribution in [0.2, 0.25) is 0 Å². The number of para-hydroxylation sites is 1. The van der Waals surface area contributed by atoms with Gasteiger partial charge in [0.05, 0.1) is 24.1 Å². The molecule has 6 rings (SSSR count). The molecule has 0 radical (unpaired) electrons. The zero-order valence-electron chi connectivity index (χ0n) is 20.1. The number of aromatic nitrogens is 1. The molecule has 4 aromatic rings. The predicted molar refractivity (Wildman–Crippen MR) is 134 cm³/mol. The number of carbonyl (C=O) groups excluding carboxylic acids is 1. The summed E-state index contributed by atoms with van der Waals surface area (Å²) in [5, 5.41) is 3.98. The van der Waals surface area contributed by atoms with Gasteiger partial charge >= 0.3 is 0 Å². The second-order valence-corrected chi connectivity index (χ2v) is 9.72. The van der Waals surface area contributed by atoms with E-state index in [2.05, 4.69) is 33.4 Å². The number of likely N-dealkylation sites (tertiary alicyclic amines) is 1. The fourth-order valence-corrected chi connectivity index (χ4v) is 6.12. The van der Waals surface area contributed by atoms with Crippen LogP contribution in [0.15, 0.2) is 77.4 Å². The smallest absolute Gasteiger partial charge is 0.287 e. The number of nitrogens with one attached hydrogen (secondary N) is 1. The Labute approximate surface area is 209 Å². The van der Waals surface area contributed by atoms with Crippen LogP contribution in [0.25, 0.3) is 10.9 Å². The molecule has 1 aliphatic carbocycles. The first-order valence-corrected chi connectivity index (χ1v) is 12.3. The molecule has 0 bridgehead atoms. The van der Waals surface area contributed by atoms with E-state index in [4.69, 9.17) is 9.15 Å². The third-order valence-electron chi connectivity index (χ3n) is 7.83. The molecule has 1 saturated heterocycles. The maximum absolute atomic E-state index is 14.3. The molecule has 6 nitrogen and oxygen atoms in total. The van der Waals surface area contributed by atoms with Crippen molar-refractivity contribution in [2.75, 3.05) is 20.2 Å². The van der Waals surface area contributed by atoms with Crippen LogP contribution < -0.4 is 5.32 Å². The Hall–Kier alpha value is -3.55. The molecule has 1 N–H and O–H groups in total. The number of rotatable bonds is 5. The standard InChI is InChI=1S/C29H28FN3O3/c1-35-27-26(32-28(34)24-10-5-17-36-24)21-7-2-3-8-22(21)29(27)13-15-33(16-14-29)18-20-12-11-19-6-4-9-23(30)25(19)31-20/h2-12,17,26-27H,13-16,18H2,1H3,(H,32,34)/t26-,27+/m1/s1. The van der Waals surface area contributed by atoms with Crippen molar-refractivity contribution >= 4 is 16.8 Å². The minimum absolute atomic E-state index is 0.191. The number of piperidine rings is 1. The van der Waals surface area contributed by atoms with Gasteiger partial charge < -0.3 is 14.5 Å². The summed E-state index contributed by atoms with van der Waals surface area (Å²) in [6.07, 6.45) is 3.08. The number of furan rings is 1.